The Labute approximate surface area is 151 Å². The van der Waals surface area contributed by atoms with Gasteiger partial charge in [-0.05, 0) is 49.7 Å². The lowest BCUT2D eigenvalue weighted by Crippen LogP contribution is -2.27. The van der Waals surface area contributed by atoms with Crippen LogP contribution in [0.4, 0.5) is 17.5 Å². The minimum atomic E-state index is -0.496. The summed E-state index contributed by atoms with van der Waals surface area (Å²) in [7, 11) is 0. The van der Waals surface area contributed by atoms with E-state index in [1.807, 2.05) is 12.1 Å². The fourth-order valence-corrected chi connectivity index (χ4v) is 3.29. The lowest BCUT2D eigenvalue weighted by atomic mass is 9.83. The van der Waals surface area contributed by atoms with Crippen molar-refractivity contribution in [2.45, 2.75) is 44.7 Å². The van der Waals surface area contributed by atoms with E-state index in [9.17, 15) is 10.1 Å². The molecule has 0 unspecified atom stereocenters. The van der Waals surface area contributed by atoms with Gasteiger partial charge in [-0.2, -0.15) is 4.98 Å². The molecule has 0 bridgehead atoms. The van der Waals surface area contributed by atoms with Crippen LogP contribution in [0.15, 0.2) is 24.5 Å². The number of hydrogen-bond donors (Lipinski definition) is 3. The van der Waals surface area contributed by atoms with E-state index in [0.29, 0.717) is 30.5 Å². The van der Waals surface area contributed by atoms with Gasteiger partial charge in [-0.15, -0.1) is 0 Å². The molecule has 0 spiro atoms. The van der Waals surface area contributed by atoms with E-state index >= 15 is 0 Å². The van der Waals surface area contributed by atoms with Gasteiger partial charge in [-0.1, -0.05) is 6.07 Å². The van der Waals surface area contributed by atoms with Crippen LogP contribution in [0.25, 0.3) is 0 Å². The van der Waals surface area contributed by atoms with E-state index in [2.05, 4.69) is 20.3 Å². The third kappa shape index (κ3) is 4.42. The Morgan fingerprint density at radius 2 is 2.04 bits per heavy atom. The first kappa shape index (κ1) is 18.0. The van der Waals surface area contributed by atoms with Gasteiger partial charge in [0.15, 0.2) is 0 Å². The normalized spacial score (nSPS) is 19.9. The van der Waals surface area contributed by atoms with Crippen molar-refractivity contribution < 1.29 is 4.92 Å². The molecule has 2 aromatic heterocycles. The summed E-state index contributed by atoms with van der Waals surface area (Å²) in [6, 6.07) is 3.98. The van der Waals surface area contributed by atoms with Crippen molar-refractivity contribution in [1.82, 2.24) is 15.0 Å². The highest BCUT2D eigenvalue weighted by molar-refractivity contribution is 5.58. The molecule has 0 atom stereocenters. The lowest BCUT2D eigenvalue weighted by molar-refractivity contribution is -0.385. The number of nitrogen functional groups attached to an aromatic ring is 1. The smallest absolute Gasteiger partial charge is 0.332 e. The summed E-state index contributed by atoms with van der Waals surface area (Å²) in [5, 5.41) is 14.5. The summed E-state index contributed by atoms with van der Waals surface area (Å²) >= 11 is 0. The van der Waals surface area contributed by atoms with Gasteiger partial charge in [0.25, 0.3) is 0 Å². The highest BCUT2D eigenvalue weighted by Crippen LogP contribution is 2.31. The second-order valence-electron chi connectivity index (χ2n) is 6.68. The summed E-state index contributed by atoms with van der Waals surface area (Å²) in [6.07, 6.45) is 7.70. The Kier molecular flexibility index (Phi) is 5.57. The Morgan fingerprint density at radius 1 is 1.27 bits per heavy atom. The van der Waals surface area contributed by atoms with Crippen LogP contribution < -0.4 is 16.8 Å². The number of aromatic nitrogens is 3. The lowest BCUT2D eigenvalue weighted by Gasteiger charge is -2.25. The highest BCUT2D eigenvalue weighted by Gasteiger charge is 2.27. The van der Waals surface area contributed by atoms with E-state index in [1.54, 1.807) is 12.4 Å². The summed E-state index contributed by atoms with van der Waals surface area (Å²) in [6.45, 7) is 0.461. The number of nitrogens with zero attached hydrogens (tertiary/aromatic N) is 4. The molecule has 0 aliphatic heterocycles. The third-order valence-corrected chi connectivity index (χ3v) is 4.71. The van der Waals surface area contributed by atoms with E-state index in [1.165, 1.54) is 0 Å². The van der Waals surface area contributed by atoms with Gasteiger partial charge < -0.3 is 16.8 Å². The largest absolute Gasteiger partial charge is 0.378 e. The van der Waals surface area contributed by atoms with Crippen molar-refractivity contribution in [3.8, 4) is 0 Å². The standard InChI is InChI=1S/C17H23N7O2/c18-13-5-3-11(4-6-13)8-14-15(24(25)26)16(19)23-17(22-14)21-10-12-2-1-7-20-9-12/h1-2,7,9,11,13H,3-6,8,10,18H2,(H3,19,21,22,23). The molecule has 1 aliphatic rings. The molecular weight excluding hydrogens is 334 g/mol. The number of nitrogens with two attached hydrogens (primary N) is 2. The number of hydrogen-bond acceptors (Lipinski definition) is 8. The first-order valence-electron chi connectivity index (χ1n) is 8.72. The average molecular weight is 357 g/mol. The number of pyridine rings is 1. The second kappa shape index (κ2) is 8.05. The molecule has 26 heavy (non-hydrogen) atoms. The molecule has 2 aromatic rings. The predicted molar refractivity (Wildman–Crippen MR) is 98.3 cm³/mol. The molecule has 9 nitrogen and oxygen atoms in total. The molecule has 138 valence electrons. The van der Waals surface area contributed by atoms with Crippen molar-refractivity contribution >= 4 is 17.5 Å². The fourth-order valence-electron chi connectivity index (χ4n) is 3.29. The summed E-state index contributed by atoms with van der Waals surface area (Å²) in [5.41, 5.74) is 12.9. The fraction of sp³-hybridized carbons (Fsp3) is 0.471. The minimum absolute atomic E-state index is 0.110. The first-order valence-corrected chi connectivity index (χ1v) is 8.72. The first-order chi connectivity index (χ1) is 12.5. The Bertz CT molecular complexity index is 761. The molecule has 0 radical (unpaired) electrons. The van der Waals surface area contributed by atoms with Gasteiger partial charge in [-0.25, -0.2) is 4.98 Å². The molecule has 5 N–H and O–H groups in total. The van der Waals surface area contributed by atoms with Gasteiger partial charge >= 0.3 is 5.69 Å². The number of nitrogens with one attached hydrogen (secondary N) is 1. The van der Waals surface area contributed by atoms with Gasteiger partial charge in [0.1, 0.15) is 5.69 Å². The van der Waals surface area contributed by atoms with Crippen LogP contribution in [0.3, 0.4) is 0 Å². The Balaban J connectivity index is 1.78. The SMILES string of the molecule is Nc1nc(NCc2cccnc2)nc(CC2CCC(N)CC2)c1[N+](=O)[O-]. The van der Waals surface area contributed by atoms with E-state index in [4.69, 9.17) is 11.5 Å². The van der Waals surface area contributed by atoms with Crippen molar-refractivity contribution in [1.29, 1.82) is 0 Å². The van der Waals surface area contributed by atoms with Crippen molar-refractivity contribution in [3.05, 3.63) is 45.9 Å². The van der Waals surface area contributed by atoms with E-state index in [0.717, 1.165) is 31.2 Å². The van der Waals surface area contributed by atoms with Crippen LogP contribution in [0.1, 0.15) is 36.9 Å². The molecule has 0 saturated heterocycles. The molecule has 3 rings (SSSR count). The molecule has 1 fully saturated rings. The van der Waals surface area contributed by atoms with E-state index < -0.39 is 4.92 Å². The van der Waals surface area contributed by atoms with Crippen LogP contribution >= 0.6 is 0 Å². The number of anilines is 2. The van der Waals surface area contributed by atoms with Crippen LogP contribution in [-0.4, -0.2) is 25.9 Å². The molecule has 1 aliphatic carbocycles. The monoisotopic (exact) mass is 357 g/mol. The van der Waals surface area contributed by atoms with Crippen molar-refractivity contribution in [3.63, 3.8) is 0 Å². The third-order valence-electron chi connectivity index (χ3n) is 4.71. The topological polar surface area (TPSA) is 146 Å². The number of nitro groups is 1. The molecule has 0 amide bonds. The van der Waals surface area contributed by atoms with Crippen LogP contribution in [-0.2, 0) is 13.0 Å². The molecule has 2 heterocycles. The van der Waals surface area contributed by atoms with Gasteiger partial charge in [0.05, 0.1) is 4.92 Å². The predicted octanol–water partition coefficient (Wildman–Crippen LogP) is 2.03. The summed E-state index contributed by atoms with van der Waals surface area (Å²) < 4.78 is 0. The molecule has 0 aromatic carbocycles. The second-order valence-corrected chi connectivity index (χ2v) is 6.68. The average Bonchev–Trinajstić information content (AvgIpc) is 2.62. The van der Waals surface area contributed by atoms with Gasteiger partial charge in [-0.3, -0.25) is 15.1 Å². The zero-order valence-electron chi connectivity index (χ0n) is 14.5. The summed E-state index contributed by atoms with van der Waals surface area (Å²) in [4.78, 5) is 23.4. The maximum absolute atomic E-state index is 11.4. The summed E-state index contributed by atoms with van der Waals surface area (Å²) in [5.74, 6) is 0.509. The van der Waals surface area contributed by atoms with Gasteiger partial charge in [0.2, 0.25) is 11.8 Å². The molecule has 9 heteroatoms. The zero-order valence-corrected chi connectivity index (χ0v) is 14.5. The van der Waals surface area contributed by atoms with Crippen molar-refractivity contribution in [2.75, 3.05) is 11.1 Å². The maximum atomic E-state index is 11.4. The number of rotatable bonds is 6. The molecular formula is C17H23N7O2. The van der Waals surface area contributed by atoms with Gasteiger partial charge in [0, 0.05) is 25.0 Å². The van der Waals surface area contributed by atoms with Crippen LogP contribution in [0.2, 0.25) is 0 Å². The maximum Gasteiger partial charge on any atom is 0.332 e. The minimum Gasteiger partial charge on any atom is -0.378 e. The Morgan fingerprint density at radius 3 is 2.69 bits per heavy atom. The van der Waals surface area contributed by atoms with Crippen LogP contribution in [0.5, 0.6) is 0 Å². The highest BCUT2D eigenvalue weighted by atomic mass is 16.6. The van der Waals surface area contributed by atoms with Crippen LogP contribution in [0, 0.1) is 16.0 Å². The van der Waals surface area contributed by atoms with Crippen molar-refractivity contribution in [2.24, 2.45) is 11.7 Å². The Hall–Kier alpha value is -2.81. The quantitative estimate of drug-likeness (QED) is 0.526. The molecule has 1 saturated carbocycles. The zero-order chi connectivity index (χ0) is 18.5. The van der Waals surface area contributed by atoms with E-state index in [-0.39, 0.29) is 17.5 Å².